The van der Waals surface area contributed by atoms with E-state index in [0.29, 0.717) is 0 Å². The highest BCUT2D eigenvalue weighted by molar-refractivity contribution is 5.93. The summed E-state index contributed by atoms with van der Waals surface area (Å²) in [6.07, 6.45) is 4.88. The van der Waals surface area contributed by atoms with E-state index in [1.165, 1.54) is 18.5 Å². The molecule has 0 radical (unpaired) electrons. The summed E-state index contributed by atoms with van der Waals surface area (Å²) in [5.74, 6) is -0.196. The molecule has 1 fully saturated rings. The first kappa shape index (κ1) is 11.9. The molecule has 1 aromatic rings. The van der Waals surface area contributed by atoms with E-state index in [4.69, 9.17) is 0 Å². The second-order valence-electron chi connectivity index (χ2n) is 4.32. The zero-order chi connectivity index (χ0) is 12.3. The minimum Gasteiger partial charge on any atom is -0.367 e. The quantitative estimate of drug-likeness (QED) is 0.769. The predicted molar refractivity (Wildman–Crippen MR) is 65.0 cm³/mol. The fourth-order valence-electron chi connectivity index (χ4n) is 2.13. The van der Waals surface area contributed by atoms with Crippen molar-refractivity contribution in [1.29, 1.82) is 0 Å². The zero-order valence-electron chi connectivity index (χ0n) is 9.90. The molecule has 0 aromatic carbocycles. The Kier molecular flexibility index (Phi) is 3.58. The number of aromatic nitrogens is 1. The molecule has 2 heterocycles. The minimum absolute atomic E-state index is 0.196. The molecule has 1 aromatic heterocycles. The number of rotatable bonds is 2. The summed E-state index contributed by atoms with van der Waals surface area (Å²) in [6, 6.07) is 1.60. The summed E-state index contributed by atoms with van der Waals surface area (Å²) in [5, 5.41) is 3.25. The van der Waals surface area contributed by atoms with E-state index in [1.807, 2.05) is 0 Å². The molecule has 0 saturated carbocycles. The number of aromatic amines is 1. The highest BCUT2D eigenvalue weighted by atomic mass is 16.2. The molecule has 1 aliphatic rings. The Balaban J connectivity index is 2.14. The van der Waals surface area contributed by atoms with Gasteiger partial charge in [0.05, 0.1) is 0 Å². The van der Waals surface area contributed by atoms with Gasteiger partial charge in [0.1, 0.15) is 5.56 Å². The molecule has 1 aliphatic heterocycles. The van der Waals surface area contributed by atoms with Crippen LogP contribution in [0.5, 0.6) is 0 Å². The maximum absolute atomic E-state index is 12.2. The Morgan fingerprint density at radius 1 is 1.41 bits per heavy atom. The molecule has 0 spiro atoms. The Morgan fingerprint density at radius 3 is 2.76 bits per heavy atom. The third-order valence-electron chi connectivity index (χ3n) is 3.23. The van der Waals surface area contributed by atoms with Crippen LogP contribution in [0.4, 0.5) is 0 Å². The molecule has 0 unspecified atom stereocenters. The van der Waals surface area contributed by atoms with E-state index >= 15 is 0 Å². The number of carbonyl (C=O) groups excluding carboxylic acids is 1. The van der Waals surface area contributed by atoms with Crippen LogP contribution < -0.4 is 10.7 Å². The molecule has 1 amide bonds. The number of carbonyl (C=O) groups is 1. The number of nitrogens with one attached hydrogen (secondary N) is 2. The number of H-pyrrole nitrogens is 1. The van der Waals surface area contributed by atoms with Crippen molar-refractivity contribution in [1.82, 2.24) is 15.2 Å². The second kappa shape index (κ2) is 5.14. The first-order valence-corrected chi connectivity index (χ1v) is 5.85. The van der Waals surface area contributed by atoms with E-state index < -0.39 is 0 Å². The van der Waals surface area contributed by atoms with Crippen LogP contribution in [0.15, 0.2) is 23.3 Å². The Bertz CT molecular complexity index is 449. The summed E-state index contributed by atoms with van der Waals surface area (Å²) in [6.45, 7) is 1.85. The lowest BCUT2D eigenvalue weighted by Crippen LogP contribution is -2.44. The number of hydrogen-bond donors (Lipinski definition) is 2. The van der Waals surface area contributed by atoms with E-state index in [-0.39, 0.29) is 22.9 Å². The smallest absolute Gasteiger partial charge is 0.259 e. The molecule has 5 nitrogen and oxygen atoms in total. The molecule has 5 heteroatoms. The monoisotopic (exact) mass is 235 g/mol. The average Bonchev–Trinajstić information content (AvgIpc) is 2.39. The highest BCUT2D eigenvalue weighted by Gasteiger charge is 2.23. The summed E-state index contributed by atoms with van der Waals surface area (Å²) >= 11 is 0. The lowest BCUT2D eigenvalue weighted by Gasteiger charge is -2.31. The van der Waals surface area contributed by atoms with Crippen molar-refractivity contribution in [3.63, 3.8) is 0 Å². The largest absolute Gasteiger partial charge is 0.367 e. The molecule has 1 saturated heterocycles. The van der Waals surface area contributed by atoms with Crippen molar-refractivity contribution in [2.24, 2.45) is 0 Å². The van der Waals surface area contributed by atoms with Gasteiger partial charge in [0.15, 0.2) is 5.43 Å². The number of amides is 1. The first-order chi connectivity index (χ1) is 8.20. The average molecular weight is 235 g/mol. The lowest BCUT2D eigenvalue weighted by atomic mass is 10.0. The third-order valence-corrected chi connectivity index (χ3v) is 3.23. The first-order valence-electron chi connectivity index (χ1n) is 5.85. The second-order valence-corrected chi connectivity index (χ2v) is 4.32. The molecule has 2 N–H and O–H groups in total. The number of nitrogens with zero attached hydrogens (tertiary/aromatic N) is 1. The summed E-state index contributed by atoms with van der Waals surface area (Å²) < 4.78 is 0. The van der Waals surface area contributed by atoms with E-state index in [1.54, 1.807) is 11.9 Å². The van der Waals surface area contributed by atoms with Gasteiger partial charge in [-0.25, -0.2) is 0 Å². The van der Waals surface area contributed by atoms with Gasteiger partial charge in [0, 0.05) is 31.5 Å². The number of pyridine rings is 1. The normalized spacial score (nSPS) is 16.8. The van der Waals surface area contributed by atoms with Crippen LogP contribution in [-0.2, 0) is 0 Å². The van der Waals surface area contributed by atoms with Crippen molar-refractivity contribution in [3.05, 3.63) is 34.2 Å². The standard InChI is InChI=1S/C12H17N3O2/c1-15(9-2-5-13-6-3-9)12(17)10-8-14-7-4-11(10)16/h4,7-9,13H,2-3,5-6H2,1H3,(H,14,16). The van der Waals surface area contributed by atoms with Crippen LogP contribution in [-0.4, -0.2) is 42.0 Å². The Morgan fingerprint density at radius 2 is 2.12 bits per heavy atom. The van der Waals surface area contributed by atoms with E-state index in [2.05, 4.69) is 10.3 Å². The lowest BCUT2D eigenvalue weighted by molar-refractivity contribution is 0.0701. The fourth-order valence-corrected chi connectivity index (χ4v) is 2.13. The van der Waals surface area contributed by atoms with Gasteiger partial charge in [-0.05, 0) is 25.9 Å². The molecule has 0 bridgehead atoms. The van der Waals surface area contributed by atoms with Crippen molar-refractivity contribution >= 4 is 5.91 Å². The van der Waals surface area contributed by atoms with Crippen LogP contribution >= 0.6 is 0 Å². The zero-order valence-corrected chi connectivity index (χ0v) is 9.90. The van der Waals surface area contributed by atoms with Crippen molar-refractivity contribution in [3.8, 4) is 0 Å². The molecular weight excluding hydrogens is 218 g/mol. The SMILES string of the molecule is CN(C(=O)c1c[nH]ccc1=O)C1CCNCC1. The van der Waals surface area contributed by atoms with Gasteiger partial charge < -0.3 is 15.2 Å². The number of hydrogen-bond acceptors (Lipinski definition) is 3. The Hall–Kier alpha value is -1.62. The maximum atomic E-state index is 12.2. The molecule has 0 aliphatic carbocycles. The number of piperidine rings is 1. The van der Waals surface area contributed by atoms with Gasteiger partial charge in [-0.1, -0.05) is 0 Å². The topological polar surface area (TPSA) is 65.2 Å². The predicted octanol–water partition coefficient (Wildman–Crippen LogP) is 0.199. The Labute approximate surface area is 99.8 Å². The van der Waals surface area contributed by atoms with Crippen molar-refractivity contribution in [2.45, 2.75) is 18.9 Å². The van der Waals surface area contributed by atoms with E-state index in [9.17, 15) is 9.59 Å². The highest BCUT2D eigenvalue weighted by Crippen LogP contribution is 2.11. The minimum atomic E-state index is -0.227. The van der Waals surface area contributed by atoms with Crippen LogP contribution in [0.25, 0.3) is 0 Å². The van der Waals surface area contributed by atoms with Crippen molar-refractivity contribution in [2.75, 3.05) is 20.1 Å². The van der Waals surface area contributed by atoms with Gasteiger partial charge in [0.25, 0.3) is 5.91 Å². The van der Waals surface area contributed by atoms with Crippen molar-refractivity contribution < 1.29 is 4.79 Å². The molecule has 17 heavy (non-hydrogen) atoms. The van der Waals surface area contributed by atoms with Gasteiger partial charge in [-0.15, -0.1) is 0 Å². The van der Waals surface area contributed by atoms with Gasteiger partial charge in [0.2, 0.25) is 0 Å². The van der Waals surface area contributed by atoms with Crippen LogP contribution in [0.1, 0.15) is 23.2 Å². The van der Waals surface area contributed by atoms with Gasteiger partial charge in [-0.2, -0.15) is 0 Å². The summed E-state index contributed by atoms with van der Waals surface area (Å²) in [5.41, 5.74) is -0.0110. The van der Waals surface area contributed by atoms with Crippen LogP contribution in [0.3, 0.4) is 0 Å². The van der Waals surface area contributed by atoms with Crippen LogP contribution in [0, 0.1) is 0 Å². The molecule has 0 atom stereocenters. The summed E-state index contributed by atoms with van der Waals surface area (Å²) in [7, 11) is 1.77. The summed E-state index contributed by atoms with van der Waals surface area (Å²) in [4.78, 5) is 28.2. The van der Waals surface area contributed by atoms with Gasteiger partial charge >= 0.3 is 0 Å². The molecule has 2 rings (SSSR count). The maximum Gasteiger partial charge on any atom is 0.259 e. The third kappa shape index (κ3) is 2.55. The van der Waals surface area contributed by atoms with Gasteiger partial charge in [-0.3, -0.25) is 9.59 Å². The fraction of sp³-hybridized carbons (Fsp3) is 0.500. The molecule has 92 valence electrons. The molecular formula is C12H17N3O2. The van der Waals surface area contributed by atoms with Crippen LogP contribution in [0.2, 0.25) is 0 Å². The van der Waals surface area contributed by atoms with E-state index in [0.717, 1.165) is 25.9 Å².